The largest absolute Gasteiger partial charge is 0.455 e. The Labute approximate surface area is 176 Å². The quantitative estimate of drug-likeness (QED) is 0.322. The number of aliphatic hydroxyl groups excluding tert-OH is 1. The van der Waals surface area contributed by atoms with E-state index in [1.54, 1.807) is 30.3 Å². The van der Waals surface area contributed by atoms with Gasteiger partial charge in [-0.3, -0.25) is 4.79 Å². The molecule has 1 heterocycles. The fourth-order valence-corrected chi connectivity index (χ4v) is 3.45. The van der Waals surface area contributed by atoms with Gasteiger partial charge in [0.1, 0.15) is 11.9 Å². The molecule has 154 valence electrons. The topological polar surface area (TPSA) is 108 Å². The van der Waals surface area contributed by atoms with Gasteiger partial charge in [0.2, 0.25) is 0 Å². The summed E-state index contributed by atoms with van der Waals surface area (Å²) in [6.07, 6.45) is -5.40. The maximum atomic E-state index is 12.5. The monoisotopic (exact) mass is 506 g/mol. The Morgan fingerprint density at radius 3 is 2.36 bits per heavy atom. The van der Waals surface area contributed by atoms with E-state index in [1.165, 1.54) is 14.0 Å². The highest BCUT2D eigenvalue weighted by Gasteiger charge is 2.49. The molecule has 1 aromatic rings. The number of aliphatic hydroxyl groups is 1. The van der Waals surface area contributed by atoms with Gasteiger partial charge in [0.25, 0.3) is 0 Å². The van der Waals surface area contributed by atoms with E-state index >= 15 is 0 Å². The second-order valence-electron chi connectivity index (χ2n) is 6.32. The first kappa shape index (κ1) is 22.7. The third kappa shape index (κ3) is 5.97. The van der Waals surface area contributed by atoms with E-state index in [1.807, 2.05) is 22.6 Å². The van der Waals surface area contributed by atoms with E-state index in [-0.39, 0.29) is 18.6 Å². The van der Waals surface area contributed by atoms with Gasteiger partial charge in [0, 0.05) is 18.0 Å². The molecule has 28 heavy (non-hydrogen) atoms. The van der Waals surface area contributed by atoms with Gasteiger partial charge in [0.15, 0.2) is 18.5 Å². The van der Waals surface area contributed by atoms with Crippen LogP contribution < -0.4 is 0 Å². The highest BCUT2D eigenvalue weighted by molar-refractivity contribution is 14.1. The Hall–Kier alpha value is -1.56. The van der Waals surface area contributed by atoms with Crippen molar-refractivity contribution >= 4 is 40.3 Å². The summed E-state index contributed by atoms with van der Waals surface area (Å²) in [5.74, 6) is -1.50. The lowest BCUT2D eigenvalue weighted by atomic mass is 9.99. The van der Waals surface area contributed by atoms with Gasteiger partial charge in [0.05, 0.1) is 18.1 Å². The van der Waals surface area contributed by atoms with E-state index in [9.17, 15) is 19.5 Å². The maximum absolute atomic E-state index is 12.5. The van der Waals surface area contributed by atoms with Crippen LogP contribution in [0.15, 0.2) is 30.3 Å². The number of esters is 2. The Bertz CT molecular complexity index is 680. The van der Waals surface area contributed by atoms with Gasteiger partial charge in [-0.05, 0) is 19.1 Å². The van der Waals surface area contributed by atoms with Gasteiger partial charge in [-0.2, -0.15) is 0 Å². The summed E-state index contributed by atoms with van der Waals surface area (Å²) in [7, 11) is 1.37. The lowest BCUT2D eigenvalue weighted by molar-refractivity contribution is -0.286. The number of hydrogen-bond acceptors (Lipinski definition) is 8. The van der Waals surface area contributed by atoms with Crippen molar-refractivity contribution < 1.29 is 38.4 Å². The second-order valence-corrected chi connectivity index (χ2v) is 7.20. The van der Waals surface area contributed by atoms with Crippen LogP contribution in [0.3, 0.4) is 0 Å². The molecular weight excluding hydrogens is 483 g/mol. The van der Waals surface area contributed by atoms with Crippen LogP contribution in [0.4, 0.5) is 0 Å². The van der Waals surface area contributed by atoms with Gasteiger partial charge < -0.3 is 28.8 Å². The van der Waals surface area contributed by atoms with Crippen molar-refractivity contribution in [1.82, 2.24) is 0 Å². The highest BCUT2D eigenvalue weighted by atomic mass is 127. The zero-order chi connectivity index (χ0) is 20.7. The van der Waals surface area contributed by atoms with Crippen LogP contribution in [-0.2, 0) is 28.5 Å². The van der Waals surface area contributed by atoms with E-state index in [0.717, 1.165) is 0 Å². The molecule has 2 rings (SSSR count). The standard InChI is InChI=1S/C19H23IO8/c1-11(21)8-9-14(22)27-16-15(23)13(10-20)26-19(25-2)17(16)28-18(24)12-6-4-3-5-7-12/h3-7,13,15-17,19,23H,8-10H2,1-2H3/t13-,15-,16-,17-,19+/m1/s1. The van der Waals surface area contributed by atoms with E-state index in [2.05, 4.69) is 0 Å². The molecule has 0 radical (unpaired) electrons. The number of rotatable bonds is 8. The van der Waals surface area contributed by atoms with Crippen molar-refractivity contribution in [3.05, 3.63) is 35.9 Å². The van der Waals surface area contributed by atoms with Crippen LogP contribution in [0.25, 0.3) is 0 Å². The predicted octanol–water partition coefficient (Wildman–Crippen LogP) is 1.66. The summed E-state index contributed by atoms with van der Waals surface area (Å²) in [4.78, 5) is 35.7. The Morgan fingerprint density at radius 2 is 1.79 bits per heavy atom. The minimum atomic E-state index is -1.22. The van der Waals surface area contributed by atoms with Crippen LogP contribution in [0, 0.1) is 0 Å². The number of methoxy groups -OCH3 is 1. The summed E-state index contributed by atoms with van der Waals surface area (Å²) in [5.41, 5.74) is 0.296. The van der Waals surface area contributed by atoms with Crippen LogP contribution in [0.5, 0.6) is 0 Å². The highest BCUT2D eigenvalue weighted by Crippen LogP contribution is 2.28. The minimum Gasteiger partial charge on any atom is -0.455 e. The van der Waals surface area contributed by atoms with Crippen molar-refractivity contribution in [2.75, 3.05) is 11.5 Å². The molecular formula is C19H23IO8. The first-order valence-corrected chi connectivity index (χ1v) is 10.3. The first-order chi connectivity index (χ1) is 13.4. The molecule has 8 nitrogen and oxygen atoms in total. The maximum Gasteiger partial charge on any atom is 0.338 e. The number of ether oxygens (including phenoxy) is 4. The molecule has 0 spiro atoms. The molecule has 1 aromatic carbocycles. The molecule has 1 saturated heterocycles. The molecule has 0 bridgehead atoms. The zero-order valence-electron chi connectivity index (χ0n) is 15.6. The average molecular weight is 506 g/mol. The van der Waals surface area contributed by atoms with Crippen LogP contribution in [0.2, 0.25) is 0 Å². The average Bonchev–Trinajstić information content (AvgIpc) is 2.69. The molecule has 1 fully saturated rings. The fourth-order valence-electron chi connectivity index (χ4n) is 2.72. The molecule has 1 aliphatic rings. The van der Waals surface area contributed by atoms with Gasteiger partial charge in [-0.1, -0.05) is 40.8 Å². The number of benzene rings is 1. The number of ketones is 1. The summed E-state index contributed by atoms with van der Waals surface area (Å²) in [5, 5.41) is 10.6. The summed E-state index contributed by atoms with van der Waals surface area (Å²) < 4.78 is 22.2. The van der Waals surface area contributed by atoms with Crippen LogP contribution >= 0.6 is 22.6 Å². The van der Waals surface area contributed by atoms with E-state index in [4.69, 9.17) is 18.9 Å². The first-order valence-electron chi connectivity index (χ1n) is 8.74. The van der Waals surface area contributed by atoms with Crippen molar-refractivity contribution in [3.8, 4) is 0 Å². The lowest BCUT2D eigenvalue weighted by Crippen LogP contribution is -2.61. The van der Waals surface area contributed by atoms with Crippen LogP contribution in [0.1, 0.15) is 30.1 Å². The summed E-state index contributed by atoms with van der Waals surface area (Å²) in [6, 6.07) is 8.27. The van der Waals surface area contributed by atoms with Gasteiger partial charge in [-0.25, -0.2) is 4.79 Å². The number of alkyl halides is 1. The molecule has 0 amide bonds. The third-order valence-electron chi connectivity index (χ3n) is 4.20. The fraction of sp³-hybridized carbons (Fsp3) is 0.526. The molecule has 0 aromatic heterocycles. The van der Waals surface area contributed by atoms with Crippen molar-refractivity contribution in [2.45, 2.75) is 50.5 Å². The Balaban J connectivity index is 2.20. The predicted molar refractivity (Wildman–Crippen MR) is 106 cm³/mol. The van der Waals surface area contributed by atoms with Gasteiger partial charge >= 0.3 is 11.9 Å². The Kier molecular flexibility index (Phi) is 8.80. The minimum absolute atomic E-state index is 0.0238. The molecule has 1 aliphatic heterocycles. The number of hydrogen-bond donors (Lipinski definition) is 1. The van der Waals surface area contributed by atoms with Crippen molar-refractivity contribution in [2.24, 2.45) is 0 Å². The summed E-state index contributed by atoms with van der Waals surface area (Å²) in [6.45, 7) is 1.37. The summed E-state index contributed by atoms with van der Waals surface area (Å²) >= 11 is 2.03. The zero-order valence-corrected chi connectivity index (χ0v) is 17.7. The van der Waals surface area contributed by atoms with Crippen LogP contribution in [-0.4, -0.2) is 65.1 Å². The SMILES string of the molecule is CO[C@H]1O[C@H](CI)[C@@H](O)[C@@H](OC(=O)CCC(C)=O)[C@H]1OC(=O)c1ccccc1. The second kappa shape index (κ2) is 10.8. The number of carbonyl (C=O) groups excluding carboxylic acids is 3. The van der Waals surface area contributed by atoms with E-state index < -0.39 is 42.6 Å². The van der Waals surface area contributed by atoms with Crippen molar-refractivity contribution in [3.63, 3.8) is 0 Å². The molecule has 1 N–H and O–H groups in total. The molecule has 0 unspecified atom stereocenters. The van der Waals surface area contributed by atoms with Gasteiger partial charge in [-0.15, -0.1) is 0 Å². The van der Waals surface area contributed by atoms with E-state index in [0.29, 0.717) is 9.99 Å². The normalized spacial score (nSPS) is 27.1. The molecule has 0 saturated carbocycles. The lowest BCUT2D eigenvalue weighted by Gasteiger charge is -2.42. The third-order valence-corrected chi connectivity index (χ3v) is 5.07. The molecule has 9 heteroatoms. The van der Waals surface area contributed by atoms with Crippen molar-refractivity contribution in [1.29, 1.82) is 0 Å². The number of halogens is 1. The smallest absolute Gasteiger partial charge is 0.338 e. The molecule has 5 atom stereocenters. The molecule has 0 aliphatic carbocycles. The number of carbonyl (C=O) groups is 3. The number of Topliss-reactive ketones (excluding diaryl/α,β-unsaturated/α-hetero) is 1. The Morgan fingerprint density at radius 1 is 1.11 bits per heavy atom.